The van der Waals surface area contributed by atoms with Crippen LogP contribution in [0.15, 0.2) is 24.5 Å². The highest BCUT2D eigenvalue weighted by atomic mass is 16.5. The van der Waals surface area contributed by atoms with E-state index in [-0.39, 0.29) is 0 Å². The molecule has 0 amide bonds. The van der Waals surface area contributed by atoms with Crippen LogP contribution in [0.25, 0.3) is 0 Å². The summed E-state index contributed by atoms with van der Waals surface area (Å²) in [6.07, 6.45) is 3.68. The molecular weight excluding hydrogens is 176 g/mol. The van der Waals surface area contributed by atoms with Crippen molar-refractivity contribution < 1.29 is 4.74 Å². The highest BCUT2D eigenvalue weighted by Gasteiger charge is 2.02. The fourth-order valence-corrected chi connectivity index (χ4v) is 1.24. The van der Waals surface area contributed by atoms with Gasteiger partial charge in [0.05, 0.1) is 6.61 Å². The Kier molecular flexibility index (Phi) is 5.19. The lowest BCUT2D eigenvalue weighted by molar-refractivity contribution is 0.147. The summed E-state index contributed by atoms with van der Waals surface area (Å²) in [4.78, 5) is 4.08. The molecule has 0 saturated carbocycles. The van der Waals surface area contributed by atoms with Crippen molar-refractivity contribution in [2.45, 2.75) is 19.9 Å². The van der Waals surface area contributed by atoms with E-state index < -0.39 is 0 Å². The maximum absolute atomic E-state index is 5.24. The number of rotatable bonds is 6. The number of nitrogens with one attached hydrogen (secondary N) is 1. The molecule has 3 nitrogen and oxygen atoms in total. The molecule has 3 heteroatoms. The highest BCUT2D eigenvalue weighted by Crippen LogP contribution is 2.08. The molecule has 14 heavy (non-hydrogen) atoms. The van der Waals surface area contributed by atoms with Gasteiger partial charge in [-0.2, -0.15) is 0 Å². The maximum atomic E-state index is 5.24. The van der Waals surface area contributed by atoms with Crippen LogP contribution in [0.1, 0.15) is 25.5 Å². The van der Waals surface area contributed by atoms with Gasteiger partial charge in [0, 0.05) is 31.6 Å². The van der Waals surface area contributed by atoms with Crippen molar-refractivity contribution in [2.75, 3.05) is 19.8 Å². The quantitative estimate of drug-likeness (QED) is 0.701. The molecule has 0 radical (unpaired) electrons. The molecule has 0 spiro atoms. The van der Waals surface area contributed by atoms with E-state index in [1.165, 1.54) is 5.56 Å². The van der Waals surface area contributed by atoms with Crippen LogP contribution in [0.3, 0.4) is 0 Å². The molecule has 1 aromatic rings. The Morgan fingerprint density at radius 3 is 3.07 bits per heavy atom. The van der Waals surface area contributed by atoms with Gasteiger partial charge in [-0.15, -0.1) is 0 Å². The Morgan fingerprint density at radius 2 is 2.43 bits per heavy atom. The summed E-state index contributed by atoms with van der Waals surface area (Å²) in [6.45, 7) is 6.56. The molecule has 0 aliphatic rings. The SMILES string of the molecule is CCOCCN[C@@H](C)c1cccnc1. The molecule has 1 N–H and O–H groups in total. The summed E-state index contributed by atoms with van der Waals surface area (Å²) in [5.74, 6) is 0. The minimum absolute atomic E-state index is 0.337. The highest BCUT2D eigenvalue weighted by molar-refractivity contribution is 5.12. The standard InChI is InChI=1S/C11H18N2O/c1-3-14-8-7-13-10(2)11-5-4-6-12-9-11/h4-6,9-10,13H,3,7-8H2,1-2H3/t10-/m0/s1. The Hall–Kier alpha value is -0.930. The van der Waals surface area contributed by atoms with Crippen molar-refractivity contribution >= 4 is 0 Å². The maximum Gasteiger partial charge on any atom is 0.0590 e. The molecular formula is C11H18N2O. The number of aromatic nitrogens is 1. The molecule has 1 aromatic heterocycles. The van der Waals surface area contributed by atoms with E-state index in [1.807, 2.05) is 19.2 Å². The number of ether oxygens (including phenoxy) is 1. The Morgan fingerprint density at radius 1 is 1.57 bits per heavy atom. The minimum Gasteiger partial charge on any atom is -0.380 e. The van der Waals surface area contributed by atoms with Gasteiger partial charge in [-0.05, 0) is 25.5 Å². The first kappa shape index (κ1) is 11.1. The molecule has 0 fully saturated rings. The monoisotopic (exact) mass is 194 g/mol. The van der Waals surface area contributed by atoms with Crippen LogP contribution in [-0.4, -0.2) is 24.7 Å². The molecule has 0 aliphatic carbocycles. The van der Waals surface area contributed by atoms with Gasteiger partial charge in [-0.25, -0.2) is 0 Å². The van der Waals surface area contributed by atoms with Crippen LogP contribution in [0.5, 0.6) is 0 Å². The third kappa shape index (κ3) is 3.85. The molecule has 0 bridgehead atoms. The van der Waals surface area contributed by atoms with E-state index in [1.54, 1.807) is 6.20 Å². The number of hydrogen-bond acceptors (Lipinski definition) is 3. The summed E-state index contributed by atoms with van der Waals surface area (Å²) >= 11 is 0. The molecule has 1 atom stereocenters. The van der Waals surface area contributed by atoms with Gasteiger partial charge in [0.2, 0.25) is 0 Å². The lowest BCUT2D eigenvalue weighted by Crippen LogP contribution is -2.23. The minimum atomic E-state index is 0.337. The van der Waals surface area contributed by atoms with Crippen LogP contribution < -0.4 is 5.32 Å². The summed E-state index contributed by atoms with van der Waals surface area (Å²) < 4.78 is 5.24. The Labute approximate surface area is 85.5 Å². The first-order valence-electron chi connectivity index (χ1n) is 5.05. The van der Waals surface area contributed by atoms with Crippen LogP contribution in [0.4, 0.5) is 0 Å². The molecule has 1 rings (SSSR count). The zero-order valence-corrected chi connectivity index (χ0v) is 8.86. The summed E-state index contributed by atoms with van der Waals surface area (Å²) in [6, 6.07) is 4.37. The van der Waals surface area contributed by atoms with Crippen molar-refractivity contribution in [1.82, 2.24) is 10.3 Å². The van der Waals surface area contributed by atoms with Gasteiger partial charge in [0.25, 0.3) is 0 Å². The lowest BCUT2D eigenvalue weighted by Gasteiger charge is -2.13. The fraction of sp³-hybridized carbons (Fsp3) is 0.545. The fourth-order valence-electron chi connectivity index (χ4n) is 1.24. The van der Waals surface area contributed by atoms with Crippen molar-refractivity contribution in [3.8, 4) is 0 Å². The van der Waals surface area contributed by atoms with E-state index in [0.717, 1.165) is 19.8 Å². The zero-order chi connectivity index (χ0) is 10.2. The van der Waals surface area contributed by atoms with E-state index >= 15 is 0 Å². The molecule has 0 aliphatic heterocycles. The van der Waals surface area contributed by atoms with Crippen molar-refractivity contribution in [3.63, 3.8) is 0 Å². The molecule has 0 saturated heterocycles. The number of hydrogen-bond donors (Lipinski definition) is 1. The van der Waals surface area contributed by atoms with Crippen LogP contribution in [0, 0.1) is 0 Å². The van der Waals surface area contributed by atoms with Gasteiger partial charge in [0.15, 0.2) is 0 Å². The smallest absolute Gasteiger partial charge is 0.0590 e. The second kappa shape index (κ2) is 6.51. The van der Waals surface area contributed by atoms with Gasteiger partial charge in [-0.3, -0.25) is 4.98 Å². The van der Waals surface area contributed by atoms with Crippen LogP contribution in [-0.2, 0) is 4.74 Å². The summed E-state index contributed by atoms with van der Waals surface area (Å²) in [7, 11) is 0. The third-order valence-electron chi connectivity index (χ3n) is 2.09. The number of pyridine rings is 1. The predicted octanol–water partition coefficient (Wildman–Crippen LogP) is 1.77. The topological polar surface area (TPSA) is 34.1 Å². The van der Waals surface area contributed by atoms with Crippen molar-refractivity contribution in [1.29, 1.82) is 0 Å². The van der Waals surface area contributed by atoms with Crippen LogP contribution in [0.2, 0.25) is 0 Å². The second-order valence-corrected chi connectivity index (χ2v) is 3.16. The van der Waals surface area contributed by atoms with E-state index in [4.69, 9.17) is 4.74 Å². The zero-order valence-electron chi connectivity index (χ0n) is 8.86. The van der Waals surface area contributed by atoms with Crippen LogP contribution >= 0.6 is 0 Å². The van der Waals surface area contributed by atoms with E-state index in [9.17, 15) is 0 Å². The van der Waals surface area contributed by atoms with E-state index in [0.29, 0.717) is 6.04 Å². The molecule has 1 heterocycles. The predicted molar refractivity (Wildman–Crippen MR) is 57.1 cm³/mol. The Balaban J connectivity index is 2.25. The average molecular weight is 194 g/mol. The van der Waals surface area contributed by atoms with Gasteiger partial charge in [0.1, 0.15) is 0 Å². The van der Waals surface area contributed by atoms with Crippen molar-refractivity contribution in [2.24, 2.45) is 0 Å². The number of nitrogens with zero attached hydrogens (tertiary/aromatic N) is 1. The normalized spacial score (nSPS) is 12.7. The Bertz CT molecular complexity index is 238. The molecule has 0 aromatic carbocycles. The van der Waals surface area contributed by atoms with Gasteiger partial charge < -0.3 is 10.1 Å². The second-order valence-electron chi connectivity index (χ2n) is 3.16. The average Bonchev–Trinajstić information content (AvgIpc) is 2.25. The first-order valence-corrected chi connectivity index (χ1v) is 5.05. The van der Waals surface area contributed by atoms with Gasteiger partial charge >= 0.3 is 0 Å². The summed E-state index contributed by atoms with van der Waals surface area (Å²) in [5.41, 5.74) is 1.21. The van der Waals surface area contributed by atoms with E-state index in [2.05, 4.69) is 23.3 Å². The van der Waals surface area contributed by atoms with Gasteiger partial charge in [-0.1, -0.05) is 6.07 Å². The molecule has 0 unspecified atom stereocenters. The first-order chi connectivity index (χ1) is 6.84. The molecule has 78 valence electrons. The largest absolute Gasteiger partial charge is 0.380 e. The van der Waals surface area contributed by atoms with Crippen molar-refractivity contribution in [3.05, 3.63) is 30.1 Å². The lowest BCUT2D eigenvalue weighted by atomic mass is 10.1. The third-order valence-corrected chi connectivity index (χ3v) is 2.09. The summed E-state index contributed by atoms with van der Waals surface area (Å²) in [5, 5.41) is 3.37.